The van der Waals surface area contributed by atoms with Gasteiger partial charge in [0, 0.05) is 21.9 Å². The number of nitrogens with zero attached hydrogens (tertiary/aromatic N) is 3. The van der Waals surface area contributed by atoms with E-state index in [4.69, 9.17) is 15.0 Å². The molecule has 9 rings (SSSR count). The van der Waals surface area contributed by atoms with E-state index in [0.717, 1.165) is 89.4 Å². The lowest BCUT2D eigenvalue weighted by Gasteiger charge is -2.11. The number of nitrogens with one attached hydrogen (secondary N) is 1. The lowest BCUT2D eigenvalue weighted by atomic mass is 9.95. The molecule has 0 aliphatic carbocycles. The van der Waals surface area contributed by atoms with Crippen LogP contribution in [0.15, 0.2) is 140 Å². The van der Waals surface area contributed by atoms with Gasteiger partial charge in [-0.05, 0) is 82.9 Å². The molecule has 0 saturated heterocycles. The van der Waals surface area contributed by atoms with Crippen molar-refractivity contribution in [3.05, 3.63) is 140 Å². The molecule has 1 aliphatic heterocycles. The monoisotopic (exact) mass is 548 g/mol. The number of H-pyrrole nitrogens is 1. The van der Waals surface area contributed by atoms with E-state index in [1.165, 1.54) is 0 Å². The highest BCUT2D eigenvalue weighted by Gasteiger charge is 2.20. The Kier molecular flexibility index (Phi) is 5.16. The SMILES string of the molecule is c1ccc(-c2cc3c4[nH]c5c(cc(-c6ccccc6)cc5c4c2)-c2cccc(n2)-c2cccc(n2)-c2cccc-3n2)cc1. The quantitative estimate of drug-likeness (QED) is 0.234. The largest absolute Gasteiger partial charge is 0.353 e. The van der Waals surface area contributed by atoms with Crippen LogP contribution in [-0.2, 0) is 0 Å². The van der Waals surface area contributed by atoms with Gasteiger partial charge in [0.2, 0.25) is 0 Å². The van der Waals surface area contributed by atoms with Crippen molar-refractivity contribution in [3.8, 4) is 67.5 Å². The van der Waals surface area contributed by atoms with E-state index < -0.39 is 0 Å². The Bertz CT molecular complexity index is 2180. The van der Waals surface area contributed by atoms with E-state index >= 15 is 0 Å². The zero-order valence-electron chi connectivity index (χ0n) is 23.1. The van der Waals surface area contributed by atoms with E-state index in [9.17, 15) is 0 Å². The van der Waals surface area contributed by atoms with Crippen LogP contribution in [0.3, 0.4) is 0 Å². The number of aromatic nitrogens is 4. The lowest BCUT2D eigenvalue weighted by Crippen LogP contribution is -1.95. The topological polar surface area (TPSA) is 54.5 Å². The predicted octanol–water partition coefficient (Wildman–Crippen LogP) is 9.82. The molecule has 1 aliphatic rings. The van der Waals surface area contributed by atoms with Crippen molar-refractivity contribution in [1.82, 2.24) is 19.9 Å². The summed E-state index contributed by atoms with van der Waals surface area (Å²) in [6, 6.07) is 48.7. The van der Waals surface area contributed by atoms with Gasteiger partial charge in [0.15, 0.2) is 0 Å². The molecule has 4 aromatic heterocycles. The Morgan fingerprint density at radius 3 is 1.12 bits per heavy atom. The maximum Gasteiger partial charge on any atom is 0.0894 e. The molecular weight excluding hydrogens is 524 g/mol. The molecule has 4 aromatic carbocycles. The third kappa shape index (κ3) is 3.88. The van der Waals surface area contributed by atoms with Gasteiger partial charge in [-0.15, -0.1) is 0 Å². The molecule has 200 valence electrons. The Labute approximate surface area is 248 Å². The summed E-state index contributed by atoms with van der Waals surface area (Å²) < 4.78 is 0. The van der Waals surface area contributed by atoms with Crippen LogP contribution in [0.2, 0.25) is 0 Å². The summed E-state index contributed by atoms with van der Waals surface area (Å²) in [5.74, 6) is 0. The first-order valence-corrected chi connectivity index (χ1v) is 14.5. The second-order valence-electron chi connectivity index (χ2n) is 11.0. The average Bonchev–Trinajstić information content (AvgIpc) is 3.47. The van der Waals surface area contributed by atoms with Crippen LogP contribution in [0.25, 0.3) is 89.4 Å². The third-order valence-corrected chi connectivity index (χ3v) is 8.36. The summed E-state index contributed by atoms with van der Waals surface area (Å²) in [6.45, 7) is 0. The minimum Gasteiger partial charge on any atom is -0.353 e. The molecule has 43 heavy (non-hydrogen) atoms. The Hall–Kier alpha value is -5.87. The van der Waals surface area contributed by atoms with Crippen molar-refractivity contribution in [2.45, 2.75) is 0 Å². The highest BCUT2D eigenvalue weighted by atomic mass is 14.8. The molecule has 5 heterocycles. The first-order valence-electron chi connectivity index (χ1n) is 14.5. The molecule has 0 unspecified atom stereocenters. The fraction of sp³-hybridized carbons (Fsp3) is 0. The van der Waals surface area contributed by atoms with Crippen LogP contribution in [0.4, 0.5) is 0 Å². The van der Waals surface area contributed by atoms with Crippen LogP contribution in [0, 0.1) is 0 Å². The zero-order valence-corrected chi connectivity index (χ0v) is 23.1. The Morgan fingerprint density at radius 1 is 0.326 bits per heavy atom. The molecule has 0 atom stereocenters. The normalized spacial score (nSPS) is 11.7. The van der Waals surface area contributed by atoms with E-state index in [2.05, 4.69) is 114 Å². The van der Waals surface area contributed by atoms with Gasteiger partial charge in [0.25, 0.3) is 0 Å². The maximum atomic E-state index is 5.18. The smallest absolute Gasteiger partial charge is 0.0894 e. The molecule has 8 aromatic rings. The van der Waals surface area contributed by atoms with Gasteiger partial charge >= 0.3 is 0 Å². The summed E-state index contributed by atoms with van der Waals surface area (Å²) in [4.78, 5) is 19.2. The number of rotatable bonds is 2. The molecule has 0 saturated carbocycles. The summed E-state index contributed by atoms with van der Waals surface area (Å²) in [7, 11) is 0. The molecule has 1 N–H and O–H groups in total. The number of aromatic amines is 1. The van der Waals surface area contributed by atoms with E-state index in [1.807, 2.05) is 30.3 Å². The second-order valence-corrected chi connectivity index (χ2v) is 11.0. The minimum atomic E-state index is 0.819. The molecule has 0 amide bonds. The van der Waals surface area contributed by atoms with Crippen LogP contribution >= 0.6 is 0 Å². The van der Waals surface area contributed by atoms with Gasteiger partial charge in [-0.3, -0.25) is 0 Å². The third-order valence-electron chi connectivity index (χ3n) is 8.36. The van der Waals surface area contributed by atoms with Crippen molar-refractivity contribution >= 4 is 21.8 Å². The zero-order chi connectivity index (χ0) is 28.3. The average molecular weight is 549 g/mol. The summed E-state index contributed by atoms with van der Waals surface area (Å²) in [6.07, 6.45) is 0. The summed E-state index contributed by atoms with van der Waals surface area (Å²) in [5, 5.41) is 2.31. The number of pyridine rings is 3. The molecule has 8 bridgehead atoms. The lowest BCUT2D eigenvalue weighted by molar-refractivity contribution is 1.22. The highest BCUT2D eigenvalue weighted by molar-refractivity contribution is 6.17. The van der Waals surface area contributed by atoms with E-state index in [0.29, 0.717) is 0 Å². The van der Waals surface area contributed by atoms with Crippen molar-refractivity contribution in [2.24, 2.45) is 0 Å². The second kappa shape index (κ2) is 9.33. The highest BCUT2D eigenvalue weighted by Crippen LogP contribution is 2.42. The van der Waals surface area contributed by atoms with Gasteiger partial charge in [0.1, 0.15) is 0 Å². The van der Waals surface area contributed by atoms with Crippen molar-refractivity contribution in [2.75, 3.05) is 0 Å². The van der Waals surface area contributed by atoms with Gasteiger partial charge in [-0.1, -0.05) is 78.9 Å². The Balaban J connectivity index is 1.47. The number of benzene rings is 4. The van der Waals surface area contributed by atoms with Crippen LogP contribution < -0.4 is 0 Å². The molecular formula is C39H24N4. The summed E-state index contributed by atoms with van der Waals surface area (Å²) in [5.41, 5.74) is 13.9. The summed E-state index contributed by atoms with van der Waals surface area (Å²) >= 11 is 0. The Morgan fingerprint density at radius 2 is 0.698 bits per heavy atom. The molecule has 0 fully saturated rings. The molecule has 4 nitrogen and oxygen atoms in total. The number of hydrogen-bond acceptors (Lipinski definition) is 3. The van der Waals surface area contributed by atoms with Crippen LogP contribution in [-0.4, -0.2) is 19.9 Å². The van der Waals surface area contributed by atoms with E-state index in [1.54, 1.807) is 0 Å². The van der Waals surface area contributed by atoms with Gasteiger partial charge in [0.05, 0.1) is 45.2 Å². The number of hydrogen-bond donors (Lipinski definition) is 1. The first kappa shape index (κ1) is 23.8. The van der Waals surface area contributed by atoms with Gasteiger partial charge < -0.3 is 4.98 Å². The number of fused-ring (bicyclic) bond motifs is 11. The van der Waals surface area contributed by atoms with E-state index in [-0.39, 0.29) is 0 Å². The standard InChI is InChI=1S/C39H24N4/c1-3-10-24(11-4-1)26-20-28-29-21-27(25-12-5-2-6-13-25)23-31-33-15-8-17-35(41-33)37-19-9-18-36(42-37)34-16-7-14-32(40-34)30(22-26)38(28)43-39(29)31/h1-23,43H. The fourth-order valence-corrected chi connectivity index (χ4v) is 6.28. The minimum absolute atomic E-state index is 0.819. The predicted molar refractivity (Wildman–Crippen MR) is 175 cm³/mol. The van der Waals surface area contributed by atoms with Crippen molar-refractivity contribution in [3.63, 3.8) is 0 Å². The molecule has 0 radical (unpaired) electrons. The van der Waals surface area contributed by atoms with Gasteiger partial charge in [-0.2, -0.15) is 0 Å². The fourth-order valence-electron chi connectivity index (χ4n) is 6.28. The maximum absolute atomic E-state index is 5.18. The molecule has 0 spiro atoms. The van der Waals surface area contributed by atoms with Crippen molar-refractivity contribution in [1.29, 1.82) is 0 Å². The van der Waals surface area contributed by atoms with Gasteiger partial charge in [-0.25, -0.2) is 15.0 Å². The van der Waals surface area contributed by atoms with Crippen molar-refractivity contribution < 1.29 is 0 Å². The first-order chi connectivity index (χ1) is 21.3. The molecule has 4 heteroatoms. The van der Waals surface area contributed by atoms with Crippen LogP contribution in [0.1, 0.15) is 0 Å². The van der Waals surface area contributed by atoms with Crippen LogP contribution in [0.5, 0.6) is 0 Å².